The molecule has 144 valence electrons. The number of carbonyl (C=O) groups is 1. The van der Waals surface area contributed by atoms with E-state index < -0.39 is 0 Å². The van der Waals surface area contributed by atoms with Gasteiger partial charge in [0.25, 0.3) is 5.89 Å². The molecule has 0 saturated carbocycles. The Bertz CT molecular complexity index is 1120. The van der Waals surface area contributed by atoms with Gasteiger partial charge in [-0.25, -0.2) is 0 Å². The minimum absolute atomic E-state index is 0.0692. The Labute approximate surface area is 167 Å². The van der Waals surface area contributed by atoms with E-state index in [0.717, 1.165) is 16.8 Å². The summed E-state index contributed by atoms with van der Waals surface area (Å²) in [6.07, 6.45) is 0.393. The molecule has 7 heteroatoms. The van der Waals surface area contributed by atoms with Crippen molar-refractivity contribution in [2.75, 3.05) is 6.54 Å². The fourth-order valence-corrected chi connectivity index (χ4v) is 3.60. The Hall–Kier alpha value is -3.74. The zero-order chi connectivity index (χ0) is 19.6. The van der Waals surface area contributed by atoms with Crippen LogP contribution in [0.3, 0.4) is 0 Å². The first-order valence-corrected chi connectivity index (χ1v) is 9.53. The van der Waals surface area contributed by atoms with Crippen molar-refractivity contribution >= 4 is 5.91 Å². The molecule has 0 aliphatic carbocycles. The number of hydrogen-bond donors (Lipinski definition) is 1. The predicted molar refractivity (Wildman–Crippen MR) is 107 cm³/mol. The monoisotopic (exact) mass is 385 g/mol. The van der Waals surface area contributed by atoms with Gasteiger partial charge in [-0.05, 0) is 11.6 Å². The number of benzene rings is 2. The van der Waals surface area contributed by atoms with Crippen molar-refractivity contribution in [3.05, 3.63) is 78.1 Å². The van der Waals surface area contributed by atoms with Gasteiger partial charge >= 0.3 is 0 Å². The van der Waals surface area contributed by atoms with Crippen molar-refractivity contribution in [3.63, 3.8) is 0 Å². The molecule has 1 saturated heterocycles. The van der Waals surface area contributed by atoms with E-state index in [-0.39, 0.29) is 11.8 Å². The first kappa shape index (κ1) is 17.4. The highest BCUT2D eigenvalue weighted by molar-refractivity contribution is 5.79. The third-order valence-corrected chi connectivity index (χ3v) is 5.12. The zero-order valence-corrected chi connectivity index (χ0v) is 15.7. The van der Waals surface area contributed by atoms with E-state index >= 15 is 0 Å². The smallest absolute Gasteiger partial charge is 0.275 e. The van der Waals surface area contributed by atoms with E-state index in [1.165, 1.54) is 0 Å². The number of aromatic nitrogens is 4. The molecule has 4 aromatic rings. The van der Waals surface area contributed by atoms with E-state index in [4.69, 9.17) is 4.52 Å². The second kappa shape index (κ2) is 7.35. The Morgan fingerprint density at radius 2 is 1.83 bits per heavy atom. The molecule has 0 bridgehead atoms. The summed E-state index contributed by atoms with van der Waals surface area (Å²) in [5.41, 5.74) is 3.59. The number of rotatable bonds is 5. The molecular weight excluding hydrogens is 366 g/mol. The summed E-state index contributed by atoms with van der Waals surface area (Å²) in [7, 11) is 0. The first-order valence-electron chi connectivity index (χ1n) is 9.53. The van der Waals surface area contributed by atoms with Crippen LogP contribution in [0.1, 0.15) is 23.7 Å². The van der Waals surface area contributed by atoms with Crippen LogP contribution in [-0.2, 0) is 11.3 Å². The summed E-state index contributed by atoms with van der Waals surface area (Å²) >= 11 is 0. The van der Waals surface area contributed by atoms with Gasteiger partial charge in [0.1, 0.15) is 5.69 Å². The van der Waals surface area contributed by atoms with Gasteiger partial charge in [-0.3, -0.25) is 9.89 Å². The highest BCUT2D eigenvalue weighted by Gasteiger charge is 2.33. The summed E-state index contributed by atoms with van der Waals surface area (Å²) in [5, 5.41) is 11.4. The second-order valence-corrected chi connectivity index (χ2v) is 7.15. The minimum Gasteiger partial charge on any atom is -0.338 e. The van der Waals surface area contributed by atoms with Crippen LogP contribution in [0.2, 0.25) is 0 Å². The van der Waals surface area contributed by atoms with Crippen LogP contribution in [0.15, 0.2) is 71.3 Å². The molecule has 1 atom stereocenters. The number of likely N-dealkylation sites (tertiary alicyclic amines) is 1. The number of nitrogens with zero attached hydrogens (tertiary/aromatic N) is 4. The number of amides is 1. The van der Waals surface area contributed by atoms with Crippen molar-refractivity contribution in [3.8, 4) is 22.8 Å². The predicted octanol–water partition coefficient (Wildman–Crippen LogP) is 3.64. The maximum atomic E-state index is 12.4. The van der Waals surface area contributed by atoms with E-state index in [9.17, 15) is 4.79 Å². The largest absolute Gasteiger partial charge is 0.338 e. The Balaban J connectivity index is 1.31. The van der Waals surface area contributed by atoms with Gasteiger partial charge in [0.2, 0.25) is 5.91 Å². The molecule has 2 aromatic carbocycles. The van der Waals surface area contributed by atoms with Crippen LogP contribution in [-0.4, -0.2) is 37.7 Å². The average Bonchev–Trinajstić information content (AvgIpc) is 3.49. The van der Waals surface area contributed by atoms with Gasteiger partial charge in [0.05, 0.1) is 5.69 Å². The zero-order valence-electron chi connectivity index (χ0n) is 15.7. The molecule has 0 spiro atoms. The molecule has 2 aromatic heterocycles. The summed E-state index contributed by atoms with van der Waals surface area (Å²) in [5.74, 6) is 0.974. The van der Waals surface area contributed by atoms with Gasteiger partial charge in [-0.1, -0.05) is 65.8 Å². The third kappa shape index (κ3) is 3.54. The molecule has 0 radical (unpaired) electrons. The number of carbonyl (C=O) groups excluding carboxylic acids is 1. The summed E-state index contributed by atoms with van der Waals surface area (Å²) in [6.45, 7) is 1.19. The molecule has 7 nitrogen and oxygen atoms in total. The van der Waals surface area contributed by atoms with Crippen LogP contribution < -0.4 is 0 Å². The van der Waals surface area contributed by atoms with Crippen LogP contribution in [0.4, 0.5) is 0 Å². The Morgan fingerprint density at radius 1 is 1.07 bits per heavy atom. The standard InChI is InChI=1S/C22H19N5O2/c28-20-11-17(14-27(20)13-15-7-3-1-4-8-15)21-23-22(29-26-21)19-12-18(24-25-19)16-9-5-2-6-10-16/h1-10,12,17H,11,13-14H2,(H,24,25). The molecular formula is C22H19N5O2. The fourth-order valence-electron chi connectivity index (χ4n) is 3.60. The molecule has 1 fully saturated rings. The van der Waals surface area contributed by atoms with E-state index in [1.807, 2.05) is 71.6 Å². The third-order valence-electron chi connectivity index (χ3n) is 5.12. The molecule has 3 heterocycles. The molecule has 1 amide bonds. The molecule has 1 aliphatic rings. The summed E-state index contributed by atoms with van der Waals surface area (Å²) in [6, 6.07) is 21.7. The number of aromatic amines is 1. The van der Waals surface area contributed by atoms with Gasteiger partial charge in [-0.15, -0.1) is 0 Å². The Morgan fingerprint density at radius 3 is 2.62 bits per heavy atom. The normalized spacial score (nSPS) is 16.5. The van der Waals surface area contributed by atoms with E-state index in [2.05, 4.69) is 20.3 Å². The first-order chi connectivity index (χ1) is 14.3. The van der Waals surface area contributed by atoms with Crippen LogP contribution in [0.5, 0.6) is 0 Å². The van der Waals surface area contributed by atoms with Gasteiger partial charge < -0.3 is 9.42 Å². The molecule has 29 heavy (non-hydrogen) atoms. The number of H-pyrrole nitrogens is 1. The molecule has 1 aliphatic heterocycles. The summed E-state index contributed by atoms with van der Waals surface area (Å²) in [4.78, 5) is 18.8. The quantitative estimate of drug-likeness (QED) is 0.567. The van der Waals surface area contributed by atoms with Gasteiger partial charge in [0, 0.05) is 31.0 Å². The minimum atomic E-state index is -0.0692. The lowest BCUT2D eigenvalue weighted by Crippen LogP contribution is -2.24. The Kier molecular flexibility index (Phi) is 4.40. The van der Waals surface area contributed by atoms with Gasteiger partial charge in [0.15, 0.2) is 5.82 Å². The van der Waals surface area contributed by atoms with Crippen LogP contribution in [0, 0.1) is 0 Å². The van der Waals surface area contributed by atoms with Gasteiger partial charge in [-0.2, -0.15) is 10.1 Å². The highest BCUT2D eigenvalue weighted by Crippen LogP contribution is 2.29. The highest BCUT2D eigenvalue weighted by atomic mass is 16.5. The number of nitrogens with one attached hydrogen (secondary N) is 1. The topological polar surface area (TPSA) is 87.9 Å². The van der Waals surface area contributed by atoms with Crippen molar-refractivity contribution < 1.29 is 9.32 Å². The fraction of sp³-hybridized carbons (Fsp3) is 0.182. The lowest BCUT2D eigenvalue weighted by Gasteiger charge is -2.15. The van der Waals surface area contributed by atoms with Crippen molar-refractivity contribution in [2.24, 2.45) is 0 Å². The van der Waals surface area contributed by atoms with Crippen molar-refractivity contribution in [1.82, 2.24) is 25.2 Å². The lowest BCUT2D eigenvalue weighted by atomic mass is 10.1. The maximum absolute atomic E-state index is 12.4. The molecule has 1 N–H and O–H groups in total. The second-order valence-electron chi connectivity index (χ2n) is 7.15. The average molecular weight is 385 g/mol. The van der Waals surface area contributed by atoms with Crippen molar-refractivity contribution in [2.45, 2.75) is 18.9 Å². The van der Waals surface area contributed by atoms with Crippen LogP contribution in [0.25, 0.3) is 22.8 Å². The summed E-state index contributed by atoms with van der Waals surface area (Å²) < 4.78 is 5.44. The van der Waals surface area contributed by atoms with E-state index in [0.29, 0.717) is 36.9 Å². The maximum Gasteiger partial charge on any atom is 0.275 e. The molecule has 5 rings (SSSR count). The SMILES string of the molecule is O=C1CC(c2noc(-c3cc(-c4ccccc4)n[nH]3)n2)CN1Cc1ccccc1. The number of hydrogen-bond acceptors (Lipinski definition) is 5. The van der Waals surface area contributed by atoms with Crippen molar-refractivity contribution in [1.29, 1.82) is 0 Å². The molecule has 1 unspecified atom stereocenters. The lowest BCUT2D eigenvalue weighted by molar-refractivity contribution is -0.128. The van der Waals surface area contributed by atoms with Crippen LogP contribution >= 0.6 is 0 Å². The van der Waals surface area contributed by atoms with E-state index in [1.54, 1.807) is 0 Å².